The van der Waals surface area contributed by atoms with Gasteiger partial charge in [0.2, 0.25) is 11.8 Å². The number of hydrogen-bond acceptors (Lipinski definition) is 5. The first-order chi connectivity index (χ1) is 23.0. The quantitative estimate of drug-likeness (QED) is 0.159. The van der Waals surface area contributed by atoms with Gasteiger partial charge in [0, 0.05) is 29.1 Å². The summed E-state index contributed by atoms with van der Waals surface area (Å²) < 4.78 is 35.3. The van der Waals surface area contributed by atoms with E-state index >= 15 is 0 Å². The number of carbonyl (C=O) groups is 2. The Bertz CT molecular complexity index is 1830. The number of anilines is 1. The number of sulfonamides is 1. The molecule has 252 valence electrons. The van der Waals surface area contributed by atoms with Crippen LogP contribution in [0.15, 0.2) is 102 Å². The standard InChI is InChI=1S/C37H39Cl2N3O5S/c1-26-15-18-32(19-16-26)48(45,46)42(33-23-30(39)17-20-35(33)47-2)25-36(43)41(24-28-11-8-12-29(38)21-28)34(22-27-9-4-3-5-10-27)37(44)40-31-13-6-7-14-31/h3-5,8-12,15-21,23,31,34H,6-7,13-14,22,24-25H2,1-2H3,(H,40,44)/t34-/m1/s1. The van der Waals surface area contributed by atoms with E-state index < -0.39 is 28.5 Å². The Kier molecular flexibility index (Phi) is 11.7. The summed E-state index contributed by atoms with van der Waals surface area (Å²) in [6.45, 7) is 1.24. The van der Waals surface area contributed by atoms with Crippen LogP contribution in [0.1, 0.15) is 42.4 Å². The number of ether oxygens (including phenoxy) is 1. The smallest absolute Gasteiger partial charge is 0.264 e. The minimum Gasteiger partial charge on any atom is -0.495 e. The Balaban J connectivity index is 1.60. The van der Waals surface area contributed by atoms with Crippen LogP contribution in [-0.2, 0) is 32.6 Å². The van der Waals surface area contributed by atoms with Crippen LogP contribution in [0.5, 0.6) is 5.75 Å². The number of nitrogens with zero attached hydrogens (tertiary/aromatic N) is 2. The predicted molar refractivity (Wildman–Crippen MR) is 190 cm³/mol. The second-order valence-electron chi connectivity index (χ2n) is 12.0. The maximum absolute atomic E-state index is 14.7. The highest BCUT2D eigenvalue weighted by Crippen LogP contribution is 2.35. The zero-order chi connectivity index (χ0) is 34.3. The molecule has 1 fully saturated rings. The van der Waals surface area contributed by atoms with Crippen LogP contribution in [0.4, 0.5) is 5.69 Å². The van der Waals surface area contributed by atoms with Gasteiger partial charge in [-0.25, -0.2) is 8.42 Å². The molecule has 11 heteroatoms. The minimum atomic E-state index is -4.33. The fourth-order valence-corrected chi connectivity index (χ4v) is 7.76. The van der Waals surface area contributed by atoms with Gasteiger partial charge >= 0.3 is 0 Å². The number of nitrogens with one attached hydrogen (secondary N) is 1. The molecule has 1 N–H and O–H groups in total. The summed E-state index contributed by atoms with van der Waals surface area (Å²) in [5.74, 6) is -0.673. The molecule has 0 aliphatic heterocycles. The van der Waals surface area contributed by atoms with Crippen LogP contribution in [-0.4, -0.2) is 50.9 Å². The van der Waals surface area contributed by atoms with E-state index in [1.165, 1.54) is 30.2 Å². The maximum atomic E-state index is 14.7. The number of halogens is 2. The van der Waals surface area contributed by atoms with Gasteiger partial charge in [0.15, 0.2) is 0 Å². The second kappa shape index (κ2) is 15.9. The molecule has 1 aliphatic carbocycles. The lowest BCUT2D eigenvalue weighted by atomic mass is 10.0. The average molecular weight is 709 g/mol. The average Bonchev–Trinajstić information content (AvgIpc) is 3.58. The zero-order valence-electron chi connectivity index (χ0n) is 26.9. The van der Waals surface area contributed by atoms with Crippen molar-refractivity contribution in [3.05, 3.63) is 124 Å². The molecule has 0 saturated heterocycles. The molecule has 0 spiro atoms. The van der Waals surface area contributed by atoms with E-state index in [4.69, 9.17) is 27.9 Å². The number of carbonyl (C=O) groups excluding carboxylic acids is 2. The molecule has 0 radical (unpaired) electrons. The topological polar surface area (TPSA) is 96.0 Å². The summed E-state index contributed by atoms with van der Waals surface area (Å²) in [4.78, 5) is 30.3. The summed E-state index contributed by atoms with van der Waals surface area (Å²) >= 11 is 12.7. The normalized spacial score (nSPS) is 13.9. The van der Waals surface area contributed by atoms with Gasteiger partial charge in [-0.05, 0) is 73.4 Å². The van der Waals surface area contributed by atoms with Crippen molar-refractivity contribution in [1.29, 1.82) is 0 Å². The Hall–Kier alpha value is -4.05. The van der Waals surface area contributed by atoms with E-state index in [2.05, 4.69) is 5.32 Å². The van der Waals surface area contributed by atoms with Gasteiger partial charge in [-0.15, -0.1) is 0 Å². The van der Waals surface area contributed by atoms with E-state index in [0.29, 0.717) is 10.6 Å². The predicted octanol–water partition coefficient (Wildman–Crippen LogP) is 7.20. The van der Waals surface area contributed by atoms with Gasteiger partial charge < -0.3 is 15.0 Å². The molecule has 5 rings (SSSR count). The lowest BCUT2D eigenvalue weighted by Crippen LogP contribution is -2.54. The van der Waals surface area contributed by atoms with E-state index in [9.17, 15) is 18.0 Å². The molecule has 1 aliphatic rings. The van der Waals surface area contributed by atoms with E-state index in [0.717, 1.165) is 41.1 Å². The number of aryl methyl sites for hydroxylation is 1. The van der Waals surface area contributed by atoms with Crippen molar-refractivity contribution in [3.63, 3.8) is 0 Å². The molecular formula is C37H39Cl2N3O5S. The van der Waals surface area contributed by atoms with Crippen molar-refractivity contribution >= 4 is 50.7 Å². The lowest BCUT2D eigenvalue weighted by Gasteiger charge is -2.34. The first-order valence-electron chi connectivity index (χ1n) is 15.9. The van der Waals surface area contributed by atoms with Gasteiger partial charge in [-0.2, -0.15) is 0 Å². The van der Waals surface area contributed by atoms with Crippen LogP contribution in [0, 0.1) is 6.92 Å². The Labute approximate surface area is 292 Å². The third kappa shape index (κ3) is 8.69. The van der Waals surface area contributed by atoms with Crippen molar-refractivity contribution in [2.45, 2.75) is 62.6 Å². The van der Waals surface area contributed by atoms with Crippen LogP contribution < -0.4 is 14.4 Å². The highest BCUT2D eigenvalue weighted by atomic mass is 35.5. The molecule has 0 heterocycles. The lowest BCUT2D eigenvalue weighted by molar-refractivity contribution is -0.140. The van der Waals surface area contributed by atoms with Crippen LogP contribution in [0.2, 0.25) is 10.0 Å². The van der Waals surface area contributed by atoms with Gasteiger partial charge in [-0.1, -0.05) is 96.2 Å². The summed E-state index contributed by atoms with van der Waals surface area (Å²) in [5, 5.41) is 3.91. The van der Waals surface area contributed by atoms with Crippen molar-refractivity contribution in [2.75, 3.05) is 18.0 Å². The Morgan fingerprint density at radius 3 is 2.21 bits per heavy atom. The van der Waals surface area contributed by atoms with Gasteiger partial charge in [0.25, 0.3) is 10.0 Å². The third-order valence-electron chi connectivity index (χ3n) is 8.51. The molecule has 0 bridgehead atoms. The van der Waals surface area contributed by atoms with Crippen molar-refractivity contribution in [3.8, 4) is 5.75 Å². The number of benzene rings is 4. The van der Waals surface area contributed by atoms with Gasteiger partial charge in [0.1, 0.15) is 18.3 Å². The monoisotopic (exact) mass is 707 g/mol. The fraction of sp³-hybridized carbons (Fsp3) is 0.297. The summed E-state index contributed by atoms with van der Waals surface area (Å²) in [6, 6.07) is 26.5. The molecule has 48 heavy (non-hydrogen) atoms. The molecule has 0 aromatic heterocycles. The van der Waals surface area contributed by atoms with Crippen molar-refractivity contribution in [2.24, 2.45) is 0 Å². The maximum Gasteiger partial charge on any atom is 0.264 e. The van der Waals surface area contributed by atoms with Crippen molar-refractivity contribution < 1.29 is 22.7 Å². The third-order valence-corrected chi connectivity index (χ3v) is 10.8. The highest BCUT2D eigenvalue weighted by Gasteiger charge is 2.36. The summed E-state index contributed by atoms with van der Waals surface area (Å²) in [7, 11) is -2.91. The highest BCUT2D eigenvalue weighted by molar-refractivity contribution is 7.92. The molecule has 0 unspecified atom stereocenters. The molecular weight excluding hydrogens is 669 g/mol. The molecule has 4 aromatic carbocycles. The number of rotatable bonds is 13. The minimum absolute atomic E-state index is 0.00744. The van der Waals surface area contributed by atoms with Gasteiger partial charge in [-0.3, -0.25) is 13.9 Å². The Morgan fingerprint density at radius 2 is 1.54 bits per heavy atom. The molecule has 2 amide bonds. The zero-order valence-corrected chi connectivity index (χ0v) is 29.3. The molecule has 8 nitrogen and oxygen atoms in total. The largest absolute Gasteiger partial charge is 0.495 e. The summed E-state index contributed by atoms with van der Waals surface area (Å²) in [5.41, 5.74) is 2.52. The van der Waals surface area contributed by atoms with E-state index in [1.54, 1.807) is 42.5 Å². The number of amides is 2. The number of hydrogen-bond donors (Lipinski definition) is 1. The van der Waals surface area contributed by atoms with Crippen molar-refractivity contribution in [1.82, 2.24) is 10.2 Å². The van der Waals surface area contributed by atoms with E-state index in [1.807, 2.05) is 43.3 Å². The van der Waals surface area contributed by atoms with Gasteiger partial charge in [0.05, 0.1) is 17.7 Å². The van der Waals surface area contributed by atoms with E-state index in [-0.39, 0.29) is 46.3 Å². The SMILES string of the molecule is COc1ccc(Cl)cc1N(CC(=O)N(Cc1cccc(Cl)c1)[C@H](Cc1ccccc1)C(=O)NC1CCCC1)S(=O)(=O)c1ccc(C)cc1. The second-order valence-corrected chi connectivity index (χ2v) is 14.7. The van der Waals surface area contributed by atoms with Crippen LogP contribution in [0.3, 0.4) is 0 Å². The van der Waals surface area contributed by atoms with Crippen LogP contribution in [0.25, 0.3) is 0 Å². The fourth-order valence-electron chi connectivity index (χ4n) is 5.96. The first-order valence-corrected chi connectivity index (χ1v) is 18.1. The molecule has 1 atom stereocenters. The summed E-state index contributed by atoms with van der Waals surface area (Å²) in [6.07, 6.45) is 3.99. The number of methoxy groups -OCH3 is 1. The first kappa shape index (κ1) is 35.3. The Morgan fingerprint density at radius 1 is 0.875 bits per heavy atom. The van der Waals surface area contributed by atoms with Crippen LogP contribution >= 0.6 is 23.2 Å². The molecule has 1 saturated carbocycles. The molecule has 4 aromatic rings.